The van der Waals surface area contributed by atoms with E-state index in [-0.39, 0.29) is 19.1 Å². The Hall–Kier alpha value is -2.05. The number of alkyl carbamates (subject to hydrolysis) is 1. The van der Waals surface area contributed by atoms with Crippen molar-refractivity contribution >= 4 is 18.0 Å². The molecule has 0 saturated carbocycles. The third-order valence-corrected chi connectivity index (χ3v) is 5.32. The van der Waals surface area contributed by atoms with Crippen molar-refractivity contribution in [3.05, 3.63) is 12.7 Å². The van der Waals surface area contributed by atoms with Crippen LogP contribution in [-0.4, -0.2) is 42.4 Å². The van der Waals surface area contributed by atoms with Crippen LogP contribution in [0.3, 0.4) is 0 Å². The molecule has 1 amide bonds. The van der Waals surface area contributed by atoms with E-state index in [0.717, 1.165) is 76.7 Å². The van der Waals surface area contributed by atoms with Gasteiger partial charge in [-0.25, -0.2) is 9.59 Å². The smallest absolute Gasteiger partial charge is 0.407 e. The molecule has 7 heteroatoms. The zero-order valence-corrected chi connectivity index (χ0v) is 20.1. The Morgan fingerprint density at radius 3 is 2.00 bits per heavy atom. The first kappa shape index (κ1) is 29.9. The van der Waals surface area contributed by atoms with Gasteiger partial charge in [0, 0.05) is 19.0 Å². The van der Waals surface area contributed by atoms with E-state index < -0.39 is 18.0 Å². The summed E-state index contributed by atoms with van der Waals surface area (Å²) in [5.74, 6) is -1.17. The fraction of sp³-hybridized carbons (Fsp3) is 0.800. The molecule has 1 unspecified atom stereocenters. The summed E-state index contributed by atoms with van der Waals surface area (Å²) in [5.41, 5.74) is 0. The number of unbranched alkanes of at least 4 members (excludes halogenated alkanes) is 10. The zero-order chi connectivity index (χ0) is 23.9. The fourth-order valence-electron chi connectivity index (χ4n) is 3.46. The van der Waals surface area contributed by atoms with Gasteiger partial charge < -0.3 is 19.9 Å². The predicted octanol–water partition coefficient (Wildman–Crippen LogP) is 6.16. The van der Waals surface area contributed by atoms with Crippen molar-refractivity contribution in [1.82, 2.24) is 5.32 Å². The van der Waals surface area contributed by atoms with Crippen molar-refractivity contribution < 1.29 is 29.0 Å². The quantitative estimate of drug-likeness (QED) is 0.115. The minimum Gasteiger partial charge on any atom is -0.481 e. The third-order valence-electron chi connectivity index (χ3n) is 5.32. The number of hydrogen-bond acceptors (Lipinski definition) is 5. The molecular formula is C25H45NO6. The number of nitrogens with one attached hydrogen (secondary N) is 1. The normalized spacial score (nSPS) is 11.5. The summed E-state index contributed by atoms with van der Waals surface area (Å²) in [6, 6.07) is 0. The molecular weight excluding hydrogens is 410 g/mol. The Bertz CT molecular complexity index is 509. The van der Waals surface area contributed by atoms with E-state index in [1.807, 2.05) is 0 Å². The highest BCUT2D eigenvalue weighted by molar-refractivity contribution is 5.81. The monoisotopic (exact) mass is 455 g/mol. The van der Waals surface area contributed by atoms with Crippen molar-refractivity contribution in [2.75, 3.05) is 13.2 Å². The Morgan fingerprint density at radius 1 is 0.875 bits per heavy atom. The molecule has 0 aromatic rings. The van der Waals surface area contributed by atoms with Crippen molar-refractivity contribution in [1.29, 1.82) is 0 Å². The molecule has 0 fully saturated rings. The fourth-order valence-corrected chi connectivity index (χ4v) is 3.46. The number of amides is 1. The van der Waals surface area contributed by atoms with E-state index in [9.17, 15) is 14.4 Å². The van der Waals surface area contributed by atoms with Gasteiger partial charge in [-0.15, -0.1) is 0 Å². The molecule has 0 spiro atoms. The largest absolute Gasteiger partial charge is 0.481 e. The number of esters is 1. The Labute approximate surface area is 194 Å². The van der Waals surface area contributed by atoms with Crippen LogP contribution in [0, 0.1) is 0 Å². The number of ether oxygens (including phenoxy) is 2. The lowest BCUT2D eigenvalue weighted by Gasteiger charge is -2.18. The maximum Gasteiger partial charge on any atom is 0.407 e. The van der Waals surface area contributed by atoms with E-state index in [1.54, 1.807) is 0 Å². The number of carbonyl (C=O) groups excluding carboxylic acids is 2. The highest BCUT2D eigenvalue weighted by Crippen LogP contribution is 2.17. The first-order chi connectivity index (χ1) is 15.5. The summed E-state index contributed by atoms with van der Waals surface area (Å²) in [7, 11) is 0. The molecule has 0 aliphatic carbocycles. The summed E-state index contributed by atoms with van der Waals surface area (Å²) >= 11 is 0. The summed E-state index contributed by atoms with van der Waals surface area (Å²) in [4.78, 5) is 33.6. The van der Waals surface area contributed by atoms with Crippen molar-refractivity contribution in [3.63, 3.8) is 0 Å². The highest BCUT2D eigenvalue weighted by Gasteiger charge is 2.14. The highest BCUT2D eigenvalue weighted by atomic mass is 16.6. The molecule has 0 aliphatic rings. The summed E-state index contributed by atoms with van der Waals surface area (Å²) in [5, 5.41) is 11.4. The van der Waals surface area contributed by atoms with Gasteiger partial charge in [0.2, 0.25) is 0 Å². The number of aliphatic carboxylic acids is 1. The average Bonchev–Trinajstić information content (AvgIpc) is 2.76. The predicted molar refractivity (Wildman–Crippen MR) is 127 cm³/mol. The van der Waals surface area contributed by atoms with Gasteiger partial charge in [-0.3, -0.25) is 4.79 Å². The Kier molecular flexibility index (Phi) is 20.7. The van der Waals surface area contributed by atoms with Crippen LogP contribution in [0.15, 0.2) is 12.7 Å². The first-order valence-corrected chi connectivity index (χ1v) is 12.4. The van der Waals surface area contributed by atoms with Crippen LogP contribution in [0.2, 0.25) is 0 Å². The van der Waals surface area contributed by atoms with Gasteiger partial charge in [-0.2, -0.15) is 0 Å². The van der Waals surface area contributed by atoms with Gasteiger partial charge in [-0.05, 0) is 38.5 Å². The number of carboxylic acids is 1. The SMILES string of the molecule is C=CC(=O)OCCCNC(=O)OC(CCCCCC)CCCCCCCCCCC(=O)O. The molecule has 186 valence electrons. The second-order valence-electron chi connectivity index (χ2n) is 8.29. The van der Waals surface area contributed by atoms with Crippen LogP contribution in [0.25, 0.3) is 0 Å². The van der Waals surface area contributed by atoms with Gasteiger partial charge in [0.15, 0.2) is 0 Å². The van der Waals surface area contributed by atoms with E-state index in [4.69, 9.17) is 14.6 Å². The van der Waals surface area contributed by atoms with Gasteiger partial charge in [0.25, 0.3) is 0 Å². The van der Waals surface area contributed by atoms with E-state index in [0.29, 0.717) is 13.0 Å². The Morgan fingerprint density at radius 2 is 1.44 bits per heavy atom. The summed E-state index contributed by atoms with van der Waals surface area (Å²) in [6.45, 7) is 6.16. The maximum atomic E-state index is 12.1. The number of rotatable bonds is 22. The lowest BCUT2D eigenvalue weighted by atomic mass is 10.0. The van der Waals surface area contributed by atoms with Crippen LogP contribution in [0.1, 0.15) is 110 Å². The van der Waals surface area contributed by atoms with Crippen LogP contribution >= 0.6 is 0 Å². The molecule has 7 nitrogen and oxygen atoms in total. The van der Waals surface area contributed by atoms with Gasteiger partial charge in [0.05, 0.1) is 6.61 Å². The molecule has 0 aliphatic heterocycles. The van der Waals surface area contributed by atoms with Crippen LogP contribution in [0.4, 0.5) is 4.79 Å². The van der Waals surface area contributed by atoms with E-state index >= 15 is 0 Å². The molecule has 0 aromatic carbocycles. The maximum absolute atomic E-state index is 12.1. The van der Waals surface area contributed by atoms with Crippen molar-refractivity contribution in [2.45, 2.75) is 116 Å². The third kappa shape index (κ3) is 21.2. The molecule has 0 radical (unpaired) electrons. The number of hydrogen-bond donors (Lipinski definition) is 2. The first-order valence-electron chi connectivity index (χ1n) is 12.4. The van der Waals surface area contributed by atoms with Crippen LogP contribution in [-0.2, 0) is 19.1 Å². The molecule has 0 bridgehead atoms. The van der Waals surface area contributed by atoms with E-state index in [1.165, 1.54) is 19.3 Å². The Balaban J connectivity index is 3.96. The lowest BCUT2D eigenvalue weighted by molar-refractivity contribution is -0.138. The van der Waals surface area contributed by atoms with Gasteiger partial charge >= 0.3 is 18.0 Å². The summed E-state index contributed by atoms with van der Waals surface area (Å²) in [6.07, 6.45) is 16.4. The molecule has 0 rings (SSSR count). The average molecular weight is 456 g/mol. The zero-order valence-electron chi connectivity index (χ0n) is 20.1. The number of carbonyl (C=O) groups is 3. The second kappa shape index (κ2) is 22.2. The summed E-state index contributed by atoms with van der Waals surface area (Å²) < 4.78 is 10.5. The lowest BCUT2D eigenvalue weighted by Crippen LogP contribution is -2.30. The van der Waals surface area contributed by atoms with Crippen molar-refractivity contribution in [3.8, 4) is 0 Å². The molecule has 0 saturated heterocycles. The molecule has 32 heavy (non-hydrogen) atoms. The van der Waals surface area contributed by atoms with Gasteiger partial charge in [-0.1, -0.05) is 71.3 Å². The van der Waals surface area contributed by atoms with Crippen LogP contribution < -0.4 is 5.32 Å². The molecule has 0 heterocycles. The molecule has 2 N–H and O–H groups in total. The van der Waals surface area contributed by atoms with Crippen LogP contribution in [0.5, 0.6) is 0 Å². The topological polar surface area (TPSA) is 102 Å². The van der Waals surface area contributed by atoms with Gasteiger partial charge in [0.1, 0.15) is 6.10 Å². The van der Waals surface area contributed by atoms with E-state index in [2.05, 4.69) is 18.8 Å². The minimum atomic E-state index is -0.709. The molecule has 1 atom stereocenters. The number of carboxylic acid groups (broad SMARTS) is 1. The molecule has 0 aromatic heterocycles. The second-order valence-corrected chi connectivity index (χ2v) is 8.29. The standard InChI is InChI=1S/C25H45NO6/c1-3-5-6-13-17-22(32-25(30)26-20-16-21-31-24(29)4-2)18-14-11-9-7-8-10-12-15-19-23(27)28/h4,22H,2-3,5-21H2,1H3,(H,26,30)(H,27,28). The van der Waals surface area contributed by atoms with Crippen molar-refractivity contribution in [2.24, 2.45) is 0 Å². The minimum absolute atomic E-state index is 0.0542.